The van der Waals surface area contributed by atoms with Gasteiger partial charge < -0.3 is 5.32 Å². The van der Waals surface area contributed by atoms with E-state index < -0.39 is 11.0 Å². The second-order valence-corrected chi connectivity index (χ2v) is 9.49. The second kappa shape index (κ2) is 6.92. The zero-order chi connectivity index (χ0) is 21.9. The number of nitro groups is 1. The maximum atomic E-state index is 13.4. The van der Waals surface area contributed by atoms with Crippen molar-refractivity contribution in [3.63, 3.8) is 0 Å². The molecule has 6 heteroatoms. The van der Waals surface area contributed by atoms with E-state index >= 15 is 0 Å². The summed E-state index contributed by atoms with van der Waals surface area (Å²) in [6, 6.07) is 16.1. The second-order valence-electron chi connectivity index (χ2n) is 9.08. The number of Topliss-reactive ketones (excluding diaryl/α,β-unsaturated/α-hetero) is 1. The number of nitro benzene ring substituents is 1. The molecule has 0 fully saturated rings. The fourth-order valence-electron chi connectivity index (χ4n) is 4.94. The number of hydrogen-bond acceptors (Lipinski definition) is 4. The monoisotopic (exact) mass is 432 g/mol. The summed E-state index contributed by atoms with van der Waals surface area (Å²) in [5.41, 5.74) is 3.98. The average molecular weight is 433 g/mol. The quantitative estimate of drug-likeness (QED) is 0.360. The van der Waals surface area contributed by atoms with Crippen LogP contribution < -0.4 is 5.32 Å². The Morgan fingerprint density at radius 2 is 1.87 bits per heavy atom. The van der Waals surface area contributed by atoms with Gasteiger partial charge in [-0.05, 0) is 40.3 Å². The van der Waals surface area contributed by atoms with Crippen molar-refractivity contribution in [3.05, 3.63) is 86.4 Å². The van der Waals surface area contributed by atoms with Gasteiger partial charge in [0.15, 0.2) is 5.78 Å². The molecule has 0 amide bonds. The molecule has 1 N–H and O–H groups in total. The number of nitrogens with one attached hydrogen (secondary N) is 1. The lowest BCUT2D eigenvalue weighted by Gasteiger charge is -2.40. The van der Waals surface area contributed by atoms with E-state index in [1.807, 2.05) is 18.2 Å². The van der Waals surface area contributed by atoms with E-state index in [-0.39, 0.29) is 16.9 Å². The van der Waals surface area contributed by atoms with Gasteiger partial charge in [-0.2, -0.15) is 0 Å². The fourth-order valence-corrected chi connectivity index (χ4v) is 5.16. The summed E-state index contributed by atoms with van der Waals surface area (Å²) in [6.07, 6.45) is 1.18. The van der Waals surface area contributed by atoms with Crippen molar-refractivity contribution in [2.45, 2.75) is 32.7 Å². The zero-order valence-electron chi connectivity index (χ0n) is 17.2. The number of halogens is 1. The van der Waals surface area contributed by atoms with Crippen LogP contribution in [0.5, 0.6) is 0 Å². The third kappa shape index (κ3) is 3.20. The van der Waals surface area contributed by atoms with Crippen LogP contribution in [0.2, 0.25) is 5.02 Å². The van der Waals surface area contributed by atoms with Crippen LogP contribution >= 0.6 is 11.6 Å². The minimum absolute atomic E-state index is 0.0451. The maximum absolute atomic E-state index is 13.4. The molecule has 1 heterocycles. The van der Waals surface area contributed by atoms with Gasteiger partial charge in [0.25, 0.3) is 5.69 Å². The Morgan fingerprint density at radius 3 is 2.65 bits per heavy atom. The summed E-state index contributed by atoms with van der Waals surface area (Å²) in [5.74, 6) is 0.0601. The highest BCUT2D eigenvalue weighted by molar-refractivity contribution is 6.31. The Hall–Kier alpha value is -3.18. The first kappa shape index (κ1) is 19.8. The van der Waals surface area contributed by atoms with Gasteiger partial charge in [-0.1, -0.05) is 55.8 Å². The van der Waals surface area contributed by atoms with Crippen molar-refractivity contribution in [2.75, 3.05) is 5.32 Å². The lowest BCUT2D eigenvalue weighted by molar-refractivity contribution is -0.384. The van der Waals surface area contributed by atoms with Crippen LogP contribution in [-0.2, 0) is 4.79 Å². The van der Waals surface area contributed by atoms with E-state index in [2.05, 4.69) is 37.4 Å². The summed E-state index contributed by atoms with van der Waals surface area (Å²) >= 11 is 6.49. The highest BCUT2D eigenvalue weighted by Crippen LogP contribution is 2.52. The van der Waals surface area contributed by atoms with E-state index in [1.165, 1.54) is 18.2 Å². The van der Waals surface area contributed by atoms with Crippen molar-refractivity contribution in [3.8, 4) is 0 Å². The molecule has 1 atom stereocenters. The molecule has 0 saturated carbocycles. The number of carbonyl (C=O) groups excluding carboxylic acids is 1. The first-order valence-corrected chi connectivity index (χ1v) is 10.6. The molecule has 0 aromatic heterocycles. The number of hydrogen-bond donors (Lipinski definition) is 1. The first-order chi connectivity index (χ1) is 14.7. The standard InChI is InChI=1S/C25H21ClN2O3/c1-25(2)12-18-22-16-6-4-3-5-14(16)7-10-20(22)27-24(23(18)21(29)13-25)17-11-15(28(30)31)8-9-19(17)26/h3-11,24,27H,12-13H2,1-2H3. The normalized spacial score (nSPS) is 19.6. The number of benzene rings is 3. The minimum Gasteiger partial charge on any atom is -0.373 e. The molecule has 3 aromatic carbocycles. The summed E-state index contributed by atoms with van der Waals surface area (Å²) in [5, 5.41) is 17.5. The zero-order valence-corrected chi connectivity index (χ0v) is 18.0. The molecule has 0 radical (unpaired) electrons. The lowest BCUT2D eigenvalue weighted by atomic mass is 9.68. The third-order valence-electron chi connectivity index (χ3n) is 6.24. The van der Waals surface area contributed by atoms with Crippen molar-refractivity contribution < 1.29 is 9.72 Å². The van der Waals surface area contributed by atoms with Crippen molar-refractivity contribution >= 4 is 45.1 Å². The molecular formula is C25H21ClN2O3. The molecule has 0 spiro atoms. The van der Waals surface area contributed by atoms with Crippen molar-refractivity contribution in [1.82, 2.24) is 0 Å². The van der Waals surface area contributed by atoms with Gasteiger partial charge in [0.1, 0.15) is 0 Å². The highest BCUT2D eigenvalue weighted by atomic mass is 35.5. The molecule has 5 rings (SSSR count). The number of fused-ring (bicyclic) bond motifs is 4. The van der Waals surface area contributed by atoms with Gasteiger partial charge >= 0.3 is 0 Å². The molecule has 2 aliphatic rings. The Labute approximate surface area is 184 Å². The third-order valence-corrected chi connectivity index (χ3v) is 6.58. The largest absolute Gasteiger partial charge is 0.373 e. The van der Waals surface area contributed by atoms with Crippen molar-refractivity contribution in [1.29, 1.82) is 0 Å². The predicted molar refractivity (Wildman–Crippen MR) is 123 cm³/mol. The van der Waals surface area contributed by atoms with Crippen molar-refractivity contribution in [2.24, 2.45) is 5.41 Å². The summed E-state index contributed by atoms with van der Waals surface area (Å²) in [7, 11) is 0. The van der Waals surface area contributed by atoms with Gasteiger partial charge in [-0.3, -0.25) is 14.9 Å². The number of ketones is 1. The van der Waals surface area contributed by atoms with E-state index in [0.29, 0.717) is 22.6 Å². The molecule has 1 aliphatic heterocycles. The summed E-state index contributed by atoms with van der Waals surface area (Å²) < 4.78 is 0. The Balaban J connectivity index is 1.80. The number of non-ortho nitro benzene ring substituents is 1. The van der Waals surface area contributed by atoms with Crippen LogP contribution in [0.3, 0.4) is 0 Å². The molecule has 1 aliphatic carbocycles. The molecule has 3 aromatic rings. The molecule has 0 saturated heterocycles. The van der Waals surface area contributed by atoms with Crippen LogP contribution in [0.1, 0.15) is 43.9 Å². The number of allylic oxidation sites excluding steroid dienone is 1. The van der Waals surface area contributed by atoms with Gasteiger partial charge in [0.05, 0.1) is 11.0 Å². The SMILES string of the molecule is CC1(C)CC(=O)C2=C(C1)c1c(ccc3ccccc13)NC2c1cc([N+](=O)[O-])ccc1Cl. The Kier molecular flexibility index (Phi) is 4.41. The minimum atomic E-state index is -0.528. The molecular weight excluding hydrogens is 412 g/mol. The van der Waals surface area contributed by atoms with Crippen LogP contribution in [-0.4, -0.2) is 10.7 Å². The van der Waals surface area contributed by atoms with E-state index in [1.54, 1.807) is 0 Å². The summed E-state index contributed by atoms with van der Waals surface area (Å²) in [4.78, 5) is 24.4. The van der Waals surface area contributed by atoms with Gasteiger partial charge in [0, 0.05) is 46.0 Å². The molecule has 5 nitrogen and oxygen atoms in total. The molecule has 156 valence electrons. The Morgan fingerprint density at radius 1 is 1.10 bits per heavy atom. The summed E-state index contributed by atoms with van der Waals surface area (Å²) in [6.45, 7) is 4.22. The van der Waals surface area contributed by atoms with Gasteiger partial charge in [-0.15, -0.1) is 0 Å². The predicted octanol–water partition coefficient (Wildman–Crippen LogP) is 6.71. The topological polar surface area (TPSA) is 72.2 Å². The molecule has 31 heavy (non-hydrogen) atoms. The maximum Gasteiger partial charge on any atom is 0.269 e. The highest BCUT2D eigenvalue weighted by Gasteiger charge is 2.41. The van der Waals surface area contributed by atoms with Gasteiger partial charge in [-0.25, -0.2) is 0 Å². The van der Waals surface area contributed by atoms with E-state index in [4.69, 9.17) is 11.6 Å². The van der Waals surface area contributed by atoms with Crippen LogP contribution in [0.25, 0.3) is 16.3 Å². The van der Waals surface area contributed by atoms with E-state index in [9.17, 15) is 14.9 Å². The Bertz CT molecular complexity index is 1310. The van der Waals surface area contributed by atoms with E-state index in [0.717, 1.165) is 34.0 Å². The number of carbonyl (C=O) groups is 1. The van der Waals surface area contributed by atoms with Crippen LogP contribution in [0.15, 0.2) is 60.2 Å². The first-order valence-electron chi connectivity index (χ1n) is 10.2. The number of rotatable bonds is 2. The van der Waals surface area contributed by atoms with Crippen LogP contribution in [0.4, 0.5) is 11.4 Å². The lowest BCUT2D eigenvalue weighted by Crippen LogP contribution is -2.33. The number of anilines is 1. The fraction of sp³-hybridized carbons (Fsp3) is 0.240. The van der Waals surface area contributed by atoms with Crippen LogP contribution in [0, 0.1) is 15.5 Å². The smallest absolute Gasteiger partial charge is 0.269 e. The number of nitrogens with zero attached hydrogens (tertiary/aromatic N) is 1. The van der Waals surface area contributed by atoms with Gasteiger partial charge in [0.2, 0.25) is 0 Å². The molecule has 0 bridgehead atoms. The average Bonchev–Trinajstić information content (AvgIpc) is 2.72. The molecule has 1 unspecified atom stereocenters.